The van der Waals surface area contributed by atoms with Crippen molar-refractivity contribution >= 4 is 21.6 Å². The van der Waals surface area contributed by atoms with Gasteiger partial charge in [-0.15, -0.1) is 0 Å². The Labute approximate surface area is 115 Å². The number of aliphatic hydroxyl groups excluding tert-OH is 1. The van der Waals surface area contributed by atoms with E-state index in [1.807, 2.05) is 0 Å². The second kappa shape index (κ2) is 6.50. The summed E-state index contributed by atoms with van der Waals surface area (Å²) < 4.78 is 14.3. The lowest BCUT2D eigenvalue weighted by Gasteiger charge is -2.20. The number of nitrogens with one attached hydrogen (secondary N) is 1. The molecule has 0 amide bonds. The Bertz CT molecular complexity index is 397. The van der Waals surface area contributed by atoms with Gasteiger partial charge in [0, 0.05) is 17.6 Å². The van der Waals surface area contributed by atoms with E-state index >= 15 is 0 Å². The summed E-state index contributed by atoms with van der Waals surface area (Å²) in [7, 11) is 0. The van der Waals surface area contributed by atoms with Crippen LogP contribution in [0.1, 0.15) is 12.8 Å². The highest BCUT2D eigenvalue weighted by atomic mass is 79.9. The molecule has 1 aliphatic heterocycles. The normalized spacial score (nSPS) is 17.9. The number of hydrogen-bond donors (Lipinski definition) is 2. The largest absolute Gasteiger partial charge is 0.390 e. The molecule has 1 atom stereocenters. The van der Waals surface area contributed by atoms with Crippen LogP contribution in [-0.4, -0.2) is 42.3 Å². The van der Waals surface area contributed by atoms with Crippen LogP contribution >= 0.6 is 15.9 Å². The lowest BCUT2D eigenvalue weighted by atomic mass is 10.2. The molecule has 1 unspecified atom stereocenters. The summed E-state index contributed by atoms with van der Waals surface area (Å²) in [5, 5.41) is 12.8. The third-order valence-corrected chi connectivity index (χ3v) is 3.62. The van der Waals surface area contributed by atoms with E-state index in [4.69, 9.17) is 0 Å². The van der Waals surface area contributed by atoms with Gasteiger partial charge in [0.05, 0.1) is 11.8 Å². The molecule has 1 fully saturated rings. The van der Waals surface area contributed by atoms with Crippen molar-refractivity contribution in [1.29, 1.82) is 0 Å². The molecule has 18 heavy (non-hydrogen) atoms. The highest BCUT2D eigenvalue weighted by molar-refractivity contribution is 9.10. The predicted octanol–water partition coefficient (Wildman–Crippen LogP) is 2.46. The maximum atomic E-state index is 13.4. The third-order valence-electron chi connectivity index (χ3n) is 3.12. The maximum absolute atomic E-state index is 13.4. The molecule has 2 N–H and O–H groups in total. The fraction of sp³-hybridized carbons (Fsp3) is 0.538. The molecule has 3 nitrogen and oxygen atoms in total. The molecule has 0 aromatic heterocycles. The van der Waals surface area contributed by atoms with Crippen molar-refractivity contribution in [3.63, 3.8) is 0 Å². The van der Waals surface area contributed by atoms with E-state index in [9.17, 15) is 9.50 Å². The fourth-order valence-electron chi connectivity index (χ4n) is 2.19. The minimum Gasteiger partial charge on any atom is -0.390 e. The summed E-state index contributed by atoms with van der Waals surface area (Å²) in [6.45, 7) is 3.14. The zero-order valence-electron chi connectivity index (χ0n) is 10.2. The molecule has 0 bridgehead atoms. The van der Waals surface area contributed by atoms with Crippen molar-refractivity contribution in [2.75, 3.05) is 31.5 Å². The van der Waals surface area contributed by atoms with E-state index in [1.54, 1.807) is 12.1 Å². The van der Waals surface area contributed by atoms with Crippen LogP contribution in [0.3, 0.4) is 0 Å². The number of likely N-dealkylation sites (tertiary alicyclic amines) is 1. The summed E-state index contributed by atoms with van der Waals surface area (Å²) >= 11 is 3.30. The van der Waals surface area contributed by atoms with Crippen LogP contribution in [0, 0.1) is 5.82 Å². The first-order valence-electron chi connectivity index (χ1n) is 6.24. The molecule has 100 valence electrons. The number of hydrogen-bond acceptors (Lipinski definition) is 3. The smallest absolute Gasteiger partial charge is 0.146 e. The molecule has 0 radical (unpaired) electrons. The van der Waals surface area contributed by atoms with Crippen molar-refractivity contribution in [2.45, 2.75) is 18.9 Å². The van der Waals surface area contributed by atoms with Crippen LogP contribution in [0.15, 0.2) is 22.7 Å². The van der Waals surface area contributed by atoms with E-state index in [0.29, 0.717) is 18.8 Å². The number of rotatable bonds is 5. The van der Waals surface area contributed by atoms with Crippen LogP contribution in [0.25, 0.3) is 0 Å². The number of nitrogens with zero attached hydrogens (tertiary/aromatic N) is 1. The lowest BCUT2D eigenvalue weighted by Crippen LogP contribution is -2.34. The van der Waals surface area contributed by atoms with Gasteiger partial charge in [-0.2, -0.15) is 0 Å². The average Bonchev–Trinajstić information content (AvgIpc) is 2.83. The van der Waals surface area contributed by atoms with E-state index in [1.165, 1.54) is 18.9 Å². The number of benzene rings is 1. The molecule has 5 heteroatoms. The van der Waals surface area contributed by atoms with E-state index in [2.05, 4.69) is 26.1 Å². The number of aliphatic hydroxyl groups is 1. The van der Waals surface area contributed by atoms with Gasteiger partial charge >= 0.3 is 0 Å². The van der Waals surface area contributed by atoms with Crippen molar-refractivity contribution in [3.8, 4) is 0 Å². The Kier molecular flexibility index (Phi) is 4.97. The highest BCUT2D eigenvalue weighted by Crippen LogP contribution is 2.20. The zero-order chi connectivity index (χ0) is 13.0. The monoisotopic (exact) mass is 316 g/mol. The standard InChI is InChI=1S/C13H18BrFN2O/c14-10-3-4-12(15)13(7-10)16-8-11(18)9-17-5-1-2-6-17/h3-4,7,11,16,18H,1-2,5-6,8-9H2. The minimum atomic E-state index is -0.471. The molecule has 2 rings (SSSR count). The minimum absolute atomic E-state index is 0.299. The van der Waals surface area contributed by atoms with Gasteiger partial charge in [0.25, 0.3) is 0 Å². The van der Waals surface area contributed by atoms with Crippen LogP contribution in [-0.2, 0) is 0 Å². The van der Waals surface area contributed by atoms with Gasteiger partial charge in [-0.1, -0.05) is 15.9 Å². The third kappa shape index (κ3) is 3.93. The van der Waals surface area contributed by atoms with Gasteiger partial charge in [-0.25, -0.2) is 4.39 Å². The predicted molar refractivity (Wildman–Crippen MR) is 74.3 cm³/mol. The van der Waals surface area contributed by atoms with E-state index in [0.717, 1.165) is 17.6 Å². The zero-order valence-corrected chi connectivity index (χ0v) is 11.8. The van der Waals surface area contributed by atoms with E-state index < -0.39 is 6.10 Å². The molecular formula is C13H18BrFN2O. The van der Waals surface area contributed by atoms with Crippen LogP contribution in [0.4, 0.5) is 10.1 Å². The van der Waals surface area contributed by atoms with Crippen molar-refractivity contribution in [1.82, 2.24) is 4.90 Å². The maximum Gasteiger partial charge on any atom is 0.146 e. The second-order valence-corrected chi connectivity index (χ2v) is 5.58. The van der Waals surface area contributed by atoms with Gasteiger partial charge in [0.15, 0.2) is 0 Å². The summed E-state index contributed by atoms with van der Waals surface area (Å²) in [6, 6.07) is 4.73. The molecular weight excluding hydrogens is 299 g/mol. The Morgan fingerprint density at radius 2 is 2.11 bits per heavy atom. The fourth-order valence-corrected chi connectivity index (χ4v) is 2.55. The molecule has 1 aromatic carbocycles. The van der Waals surface area contributed by atoms with E-state index in [-0.39, 0.29) is 5.82 Å². The molecule has 0 saturated carbocycles. The Morgan fingerprint density at radius 1 is 1.39 bits per heavy atom. The van der Waals surface area contributed by atoms with Crippen molar-refractivity contribution < 1.29 is 9.50 Å². The van der Waals surface area contributed by atoms with Crippen LogP contribution in [0.5, 0.6) is 0 Å². The number of anilines is 1. The second-order valence-electron chi connectivity index (χ2n) is 4.67. The molecule has 1 saturated heterocycles. The summed E-state index contributed by atoms with van der Waals surface area (Å²) in [5.41, 5.74) is 0.421. The number of halogens is 2. The van der Waals surface area contributed by atoms with Gasteiger partial charge in [-0.3, -0.25) is 0 Å². The Hall–Kier alpha value is -0.650. The first-order valence-corrected chi connectivity index (χ1v) is 7.04. The quantitative estimate of drug-likeness (QED) is 0.876. The average molecular weight is 317 g/mol. The summed E-state index contributed by atoms with van der Waals surface area (Å²) in [4.78, 5) is 2.24. The number of β-amino-alcohol motifs (C(OH)–C–C–N with tert-alkyl or cyclic N) is 1. The van der Waals surface area contributed by atoms with Crippen LogP contribution < -0.4 is 5.32 Å². The summed E-state index contributed by atoms with van der Waals surface area (Å²) in [6.07, 6.45) is 1.95. The molecule has 0 spiro atoms. The summed E-state index contributed by atoms with van der Waals surface area (Å²) in [5.74, 6) is -0.299. The van der Waals surface area contributed by atoms with Gasteiger partial charge in [0.1, 0.15) is 5.82 Å². The molecule has 1 aromatic rings. The Balaban J connectivity index is 1.81. The van der Waals surface area contributed by atoms with Gasteiger partial charge in [-0.05, 0) is 44.1 Å². The van der Waals surface area contributed by atoms with Crippen molar-refractivity contribution in [2.24, 2.45) is 0 Å². The highest BCUT2D eigenvalue weighted by Gasteiger charge is 2.15. The SMILES string of the molecule is OC(CNc1cc(Br)ccc1F)CN1CCCC1. The first-order chi connectivity index (χ1) is 8.65. The lowest BCUT2D eigenvalue weighted by molar-refractivity contribution is 0.135. The molecule has 1 heterocycles. The van der Waals surface area contributed by atoms with Crippen molar-refractivity contribution in [3.05, 3.63) is 28.5 Å². The van der Waals surface area contributed by atoms with Gasteiger partial charge < -0.3 is 15.3 Å². The Morgan fingerprint density at radius 3 is 2.83 bits per heavy atom. The molecule has 0 aliphatic carbocycles. The topological polar surface area (TPSA) is 35.5 Å². The van der Waals surface area contributed by atoms with Crippen LogP contribution in [0.2, 0.25) is 0 Å². The molecule has 1 aliphatic rings. The first kappa shape index (κ1) is 13.8. The van der Waals surface area contributed by atoms with Gasteiger partial charge in [0.2, 0.25) is 0 Å².